The molecule has 2 rings (SSSR count). The van der Waals surface area contributed by atoms with Gasteiger partial charge < -0.3 is 5.32 Å². The molecule has 23 heavy (non-hydrogen) atoms. The molecule has 2 atom stereocenters. The van der Waals surface area contributed by atoms with Crippen LogP contribution in [0.15, 0.2) is 6.20 Å². The van der Waals surface area contributed by atoms with Crippen LogP contribution in [0.25, 0.3) is 0 Å². The van der Waals surface area contributed by atoms with Crippen molar-refractivity contribution in [3.8, 4) is 0 Å². The Labute approximate surface area is 141 Å². The Kier molecular flexibility index (Phi) is 5.14. The van der Waals surface area contributed by atoms with Gasteiger partial charge in [0.15, 0.2) is 0 Å². The minimum atomic E-state index is -0.205. The highest BCUT2D eigenvalue weighted by Crippen LogP contribution is 2.20. The van der Waals surface area contributed by atoms with Crippen LogP contribution in [-0.2, 0) is 18.4 Å². The predicted molar refractivity (Wildman–Crippen MR) is 90.4 cm³/mol. The van der Waals surface area contributed by atoms with Crippen molar-refractivity contribution in [2.24, 2.45) is 13.0 Å². The van der Waals surface area contributed by atoms with Crippen molar-refractivity contribution >= 4 is 17.5 Å². The van der Waals surface area contributed by atoms with Crippen LogP contribution in [-0.4, -0.2) is 25.5 Å². The molecule has 0 radical (unpaired) electrons. The average molecular weight is 338 g/mol. The average Bonchev–Trinajstić information content (AvgIpc) is 2.94. The van der Waals surface area contributed by atoms with Gasteiger partial charge in [0, 0.05) is 18.3 Å². The zero-order valence-electron chi connectivity index (χ0n) is 14.5. The first-order chi connectivity index (χ1) is 10.7. The van der Waals surface area contributed by atoms with E-state index in [9.17, 15) is 4.79 Å². The smallest absolute Gasteiger partial charge is 0.225 e. The molecule has 0 saturated heterocycles. The molecule has 0 aliphatic heterocycles. The Morgan fingerprint density at radius 1 is 1.30 bits per heavy atom. The van der Waals surface area contributed by atoms with Crippen molar-refractivity contribution in [1.29, 1.82) is 0 Å². The second-order valence-corrected chi connectivity index (χ2v) is 6.49. The van der Waals surface area contributed by atoms with Crippen LogP contribution in [0.3, 0.4) is 0 Å². The lowest BCUT2D eigenvalue weighted by molar-refractivity contribution is -0.125. The van der Waals surface area contributed by atoms with E-state index in [1.54, 1.807) is 15.6 Å². The number of hydrogen-bond acceptors (Lipinski definition) is 3. The second kappa shape index (κ2) is 6.74. The summed E-state index contributed by atoms with van der Waals surface area (Å²) in [4.78, 5) is 12.4. The molecule has 2 aromatic rings. The lowest BCUT2D eigenvalue weighted by Gasteiger charge is -2.18. The third-order valence-corrected chi connectivity index (χ3v) is 4.83. The van der Waals surface area contributed by atoms with Gasteiger partial charge in [-0.2, -0.15) is 10.2 Å². The maximum Gasteiger partial charge on any atom is 0.225 e. The van der Waals surface area contributed by atoms with Gasteiger partial charge in [-0.25, -0.2) is 0 Å². The standard InChI is InChI=1S/C16H24ClN5O/c1-9(8-22-13(5)15(17)11(3)20-22)16(23)19-10(2)14-7-18-21(6)12(14)4/h7,9-10H,8H2,1-6H3,(H,19,23). The van der Waals surface area contributed by atoms with E-state index < -0.39 is 0 Å². The van der Waals surface area contributed by atoms with Gasteiger partial charge >= 0.3 is 0 Å². The molecular weight excluding hydrogens is 314 g/mol. The van der Waals surface area contributed by atoms with Crippen molar-refractivity contribution in [1.82, 2.24) is 24.9 Å². The van der Waals surface area contributed by atoms with E-state index in [2.05, 4.69) is 15.5 Å². The number of nitrogens with one attached hydrogen (secondary N) is 1. The normalized spacial score (nSPS) is 13.9. The van der Waals surface area contributed by atoms with E-state index in [-0.39, 0.29) is 17.9 Å². The molecule has 126 valence electrons. The van der Waals surface area contributed by atoms with E-state index >= 15 is 0 Å². The summed E-state index contributed by atoms with van der Waals surface area (Å²) in [5.41, 5.74) is 3.76. The monoisotopic (exact) mass is 337 g/mol. The van der Waals surface area contributed by atoms with Crippen LogP contribution < -0.4 is 5.32 Å². The fourth-order valence-corrected chi connectivity index (χ4v) is 2.70. The molecule has 0 fully saturated rings. The molecule has 0 spiro atoms. The summed E-state index contributed by atoms with van der Waals surface area (Å²) in [7, 11) is 1.89. The minimum absolute atomic E-state index is 0.00979. The van der Waals surface area contributed by atoms with Gasteiger partial charge in [-0.05, 0) is 27.7 Å². The van der Waals surface area contributed by atoms with Crippen LogP contribution in [0.4, 0.5) is 0 Å². The molecule has 7 heteroatoms. The molecule has 2 heterocycles. The summed E-state index contributed by atoms with van der Waals surface area (Å²) in [6.07, 6.45) is 1.80. The summed E-state index contributed by atoms with van der Waals surface area (Å²) < 4.78 is 3.60. The van der Waals surface area contributed by atoms with Crippen molar-refractivity contribution in [3.63, 3.8) is 0 Å². The minimum Gasteiger partial charge on any atom is -0.349 e. The zero-order chi connectivity index (χ0) is 17.3. The van der Waals surface area contributed by atoms with Gasteiger partial charge in [-0.3, -0.25) is 14.2 Å². The molecular formula is C16H24ClN5O. The first kappa shape index (κ1) is 17.5. The third kappa shape index (κ3) is 3.58. The van der Waals surface area contributed by atoms with E-state index in [4.69, 9.17) is 11.6 Å². The maximum absolute atomic E-state index is 12.4. The van der Waals surface area contributed by atoms with Gasteiger partial charge in [0.1, 0.15) is 0 Å². The molecule has 2 unspecified atom stereocenters. The SMILES string of the molecule is Cc1nn(CC(C)C(=O)NC(C)c2cnn(C)c2C)c(C)c1Cl. The molecule has 0 bridgehead atoms. The van der Waals surface area contributed by atoms with Crippen molar-refractivity contribution < 1.29 is 4.79 Å². The number of nitrogens with zero attached hydrogens (tertiary/aromatic N) is 4. The Balaban J connectivity index is 2.02. The Bertz CT molecular complexity index is 718. The second-order valence-electron chi connectivity index (χ2n) is 6.11. The van der Waals surface area contributed by atoms with Gasteiger partial charge in [0.25, 0.3) is 0 Å². The number of rotatable bonds is 5. The highest BCUT2D eigenvalue weighted by atomic mass is 35.5. The number of aryl methyl sites for hydroxylation is 2. The molecule has 0 aliphatic carbocycles. The van der Waals surface area contributed by atoms with Gasteiger partial charge in [-0.1, -0.05) is 18.5 Å². The molecule has 0 aliphatic rings. The molecule has 0 aromatic carbocycles. The first-order valence-electron chi connectivity index (χ1n) is 7.70. The number of carbonyl (C=O) groups is 1. The van der Waals surface area contributed by atoms with E-state index in [0.29, 0.717) is 11.6 Å². The zero-order valence-corrected chi connectivity index (χ0v) is 15.3. The van der Waals surface area contributed by atoms with Crippen LogP contribution in [0.2, 0.25) is 5.02 Å². The summed E-state index contributed by atoms with van der Waals surface area (Å²) in [5.74, 6) is -0.215. The fourth-order valence-electron chi connectivity index (χ4n) is 2.57. The number of amides is 1. The van der Waals surface area contributed by atoms with Gasteiger partial charge in [-0.15, -0.1) is 0 Å². The Morgan fingerprint density at radius 3 is 2.43 bits per heavy atom. The van der Waals surface area contributed by atoms with Crippen LogP contribution in [0, 0.1) is 26.7 Å². The third-order valence-electron chi connectivity index (χ3n) is 4.29. The maximum atomic E-state index is 12.4. The predicted octanol–water partition coefficient (Wildman–Crippen LogP) is 2.71. The largest absolute Gasteiger partial charge is 0.349 e. The quantitative estimate of drug-likeness (QED) is 0.912. The van der Waals surface area contributed by atoms with E-state index in [0.717, 1.165) is 22.6 Å². The number of aromatic nitrogens is 4. The Hall–Kier alpha value is -1.82. The number of hydrogen-bond donors (Lipinski definition) is 1. The lowest BCUT2D eigenvalue weighted by atomic mass is 10.1. The fraction of sp³-hybridized carbons (Fsp3) is 0.562. The van der Waals surface area contributed by atoms with Crippen molar-refractivity contribution in [2.75, 3.05) is 0 Å². The van der Waals surface area contributed by atoms with E-state index in [1.807, 2.05) is 41.7 Å². The number of halogens is 1. The van der Waals surface area contributed by atoms with Crippen molar-refractivity contribution in [2.45, 2.75) is 47.2 Å². The van der Waals surface area contributed by atoms with Crippen molar-refractivity contribution in [3.05, 3.63) is 33.9 Å². The van der Waals surface area contributed by atoms with Crippen LogP contribution >= 0.6 is 11.6 Å². The topological polar surface area (TPSA) is 64.7 Å². The first-order valence-corrected chi connectivity index (χ1v) is 8.08. The number of carbonyl (C=O) groups excluding carboxylic acids is 1. The van der Waals surface area contributed by atoms with Crippen LogP contribution in [0.1, 0.15) is 42.5 Å². The summed E-state index contributed by atoms with van der Waals surface area (Å²) >= 11 is 6.15. The molecule has 1 amide bonds. The highest BCUT2D eigenvalue weighted by molar-refractivity contribution is 6.31. The summed E-state index contributed by atoms with van der Waals surface area (Å²) in [6.45, 7) is 10.1. The van der Waals surface area contributed by atoms with Gasteiger partial charge in [0.2, 0.25) is 5.91 Å². The molecule has 6 nitrogen and oxygen atoms in total. The molecule has 1 N–H and O–H groups in total. The summed E-state index contributed by atoms with van der Waals surface area (Å²) in [5, 5.41) is 12.3. The van der Waals surface area contributed by atoms with Crippen LogP contribution in [0.5, 0.6) is 0 Å². The lowest BCUT2D eigenvalue weighted by Crippen LogP contribution is -2.34. The molecule has 2 aromatic heterocycles. The molecule has 0 saturated carbocycles. The van der Waals surface area contributed by atoms with Gasteiger partial charge in [0.05, 0.1) is 41.1 Å². The Morgan fingerprint density at radius 2 is 1.96 bits per heavy atom. The highest BCUT2D eigenvalue weighted by Gasteiger charge is 2.20. The van der Waals surface area contributed by atoms with E-state index in [1.165, 1.54) is 0 Å². The summed E-state index contributed by atoms with van der Waals surface area (Å²) in [6, 6.07) is -0.0808.